The summed E-state index contributed by atoms with van der Waals surface area (Å²) in [7, 11) is 0. The number of aromatic nitrogens is 1. The number of hydrogen-bond donors (Lipinski definition) is 0. The smallest absolute Gasteiger partial charge is 0.143 e. The Hall–Kier alpha value is -8.34. The Balaban J connectivity index is 1.09. The van der Waals surface area contributed by atoms with E-state index in [2.05, 4.69) is 216 Å². The molecule has 0 atom stereocenters. The normalized spacial score (nSPS) is 11.9. The molecular weight excluding hydrogens is 757 g/mol. The van der Waals surface area contributed by atoms with Gasteiger partial charge in [0.05, 0.1) is 16.7 Å². The number of furan rings is 2. The first kappa shape index (κ1) is 34.5. The third-order valence-electron chi connectivity index (χ3n) is 12.5. The van der Waals surface area contributed by atoms with Crippen LogP contribution in [0, 0.1) is 0 Å². The Morgan fingerprint density at radius 1 is 0.355 bits per heavy atom. The molecule has 13 aromatic rings. The van der Waals surface area contributed by atoms with Crippen LogP contribution in [-0.4, -0.2) is 4.57 Å². The van der Waals surface area contributed by atoms with E-state index in [0.29, 0.717) is 0 Å². The summed E-state index contributed by atoms with van der Waals surface area (Å²) in [4.78, 5) is 2.42. The van der Waals surface area contributed by atoms with Crippen LogP contribution in [-0.2, 0) is 0 Å². The largest absolute Gasteiger partial charge is 0.456 e. The maximum atomic E-state index is 6.85. The van der Waals surface area contributed by atoms with Crippen LogP contribution in [0.5, 0.6) is 0 Å². The molecule has 290 valence electrons. The van der Waals surface area contributed by atoms with Crippen LogP contribution in [0.3, 0.4) is 0 Å². The maximum Gasteiger partial charge on any atom is 0.143 e. The first-order valence-electron chi connectivity index (χ1n) is 21.1. The molecule has 0 bridgehead atoms. The Morgan fingerprint density at radius 3 is 1.81 bits per heavy atom. The number of fused-ring (bicyclic) bond motifs is 10. The Morgan fingerprint density at radius 2 is 0.984 bits per heavy atom. The van der Waals surface area contributed by atoms with Crippen LogP contribution in [0.4, 0.5) is 17.1 Å². The van der Waals surface area contributed by atoms with Crippen molar-refractivity contribution < 1.29 is 8.83 Å². The highest BCUT2D eigenvalue weighted by Gasteiger charge is 2.24. The van der Waals surface area contributed by atoms with Crippen molar-refractivity contribution in [1.82, 2.24) is 4.57 Å². The zero-order valence-corrected chi connectivity index (χ0v) is 33.5. The lowest BCUT2D eigenvalue weighted by Crippen LogP contribution is -2.11. The van der Waals surface area contributed by atoms with Crippen molar-refractivity contribution in [2.45, 2.75) is 0 Å². The monoisotopic (exact) mass is 792 g/mol. The van der Waals surface area contributed by atoms with Gasteiger partial charge in [-0.2, -0.15) is 0 Å². The van der Waals surface area contributed by atoms with Crippen LogP contribution in [0.1, 0.15) is 0 Å². The Bertz CT molecular complexity index is 3850. The second-order valence-electron chi connectivity index (χ2n) is 16.0. The molecule has 3 aromatic heterocycles. The lowest BCUT2D eigenvalue weighted by molar-refractivity contribution is 0.669. The first-order chi connectivity index (χ1) is 30.7. The third kappa shape index (κ3) is 5.27. The quantitative estimate of drug-likeness (QED) is 0.168. The molecule has 0 spiro atoms. The number of rotatable bonds is 6. The van der Waals surface area contributed by atoms with Gasteiger partial charge in [-0.25, -0.2) is 0 Å². The minimum Gasteiger partial charge on any atom is -0.456 e. The summed E-state index contributed by atoms with van der Waals surface area (Å²) in [5.41, 5.74) is 14.3. The summed E-state index contributed by atoms with van der Waals surface area (Å²) in [6.07, 6.45) is 0. The Labute approximate surface area is 356 Å². The van der Waals surface area contributed by atoms with Gasteiger partial charge in [0.1, 0.15) is 22.3 Å². The average molecular weight is 793 g/mol. The van der Waals surface area contributed by atoms with Gasteiger partial charge in [-0.05, 0) is 94.7 Å². The van der Waals surface area contributed by atoms with E-state index in [4.69, 9.17) is 8.83 Å². The standard InChI is InChI=1S/C58H36N2O2/c1-2-16-38-33-41(32-31-37(38)15-1)59(51-25-8-5-21-45(51)47-24-14-30-56-57(47)48-23-7-12-29-55(48)61-56)42-35-49(58-50(36-42)46-22-6-11-28-54(46)62-58)39-17-13-18-40(34-39)60-52-26-9-3-19-43(52)44-20-4-10-27-53(44)60/h1-36H. The summed E-state index contributed by atoms with van der Waals surface area (Å²) >= 11 is 0. The fraction of sp³-hybridized carbons (Fsp3) is 0. The predicted octanol–water partition coefficient (Wildman–Crippen LogP) is 16.5. The molecule has 0 fully saturated rings. The number of nitrogens with zero attached hydrogens (tertiary/aromatic N) is 2. The summed E-state index contributed by atoms with van der Waals surface area (Å²) in [6.45, 7) is 0. The minimum absolute atomic E-state index is 0.857. The molecule has 0 saturated carbocycles. The van der Waals surface area contributed by atoms with E-state index in [1.165, 1.54) is 32.6 Å². The zero-order valence-electron chi connectivity index (χ0n) is 33.5. The molecule has 0 aliphatic heterocycles. The molecule has 13 rings (SSSR count). The van der Waals surface area contributed by atoms with Gasteiger partial charge in [0.15, 0.2) is 0 Å². The van der Waals surface area contributed by atoms with Crippen molar-refractivity contribution in [2.75, 3.05) is 4.90 Å². The number of benzene rings is 10. The van der Waals surface area contributed by atoms with E-state index in [1.807, 2.05) is 12.1 Å². The topological polar surface area (TPSA) is 34.5 Å². The molecule has 62 heavy (non-hydrogen) atoms. The number of para-hydroxylation sites is 5. The molecule has 0 amide bonds. The fourth-order valence-electron chi connectivity index (χ4n) is 9.81. The van der Waals surface area contributed by atoms with Gasteiger partial charge < -0.3 is 18.3 Å². The van der Waals surface area contributed by atoms with E-state index < -0.39 is 0 Å². The lowest BCUT2D eigenvalue weighted by Gasteiger charge is -2.29. The molecule has 0 saturated heterocycles. The summed E-state index contributed by atoms with van der Waals surface area (Å²) in [5, 5.41) is 9.17. The van der Waals surface area contributed by atoms with Crippen molar-refractivity contribution in [1.29, 1.82) is 0 Å². The van der Waals surface area contributed by atoms with Crippen molar-refractivity contribution in [3.63, 3.8) is 0 Å². The molecule has 0 radical (unpaired) electrons. The average Bonchev–Trinajstić information content (AvgIpc) is 4.02. The van der Waals surface area contributed by atoms with Crippen molar-refractivity contribution in [2.24, 2.45) is 0 Å². The lowest BCUT2D eigenvalue weighted by atomic mass is 9.96. The predicted molar refractivity (Wildman–Crippen MR) is 258 cm³/mol. The van der Waals surface area contributed by atoms with Crippen molar-refractivity contribution in [3.8, 4) is 27.9 Å². The highest BCUT2D eigenvalue weighted by Crippen LogP contribution is 2.48. The molecule has 3 heterocycles. The van der Waals surface area contributed by atoms with Crippen LogP contribution >= 0.6 is 0 Å². The summed E-state index contributed by atoms with van der Waals surface area (Å²) < 4.78 is 15.7. The SMILES string of the molecule is c1cc(-c2cc(N(c3ccc4ccccc4c3)c3ccccc3-c3cccc4oc5ccccc5c34)cc3c2oc2ccccc23)cc(-n2c3ccccc3c3ccccc32)c1. The van der Waals surface area contributed by atoms with Gasteiger partial charge in [0.2, 0.25) is 0 Å². The van der Waals surface area contributed by atoms with Gasteiger partial charge in [0.25, 0.3) is 0 Å². The van der Waals surface area contributed by atoms with Crippen LogP contribution < -0.4 is 4.90 Å². The molecule has 0 N–H and O–H groups in total. The van der Waals surface area contributed by atoms with E-state index >= 15 is 0 Å². The van der Waals surface area contributed by atoms with E-state index in [-0.39, 0.29) is 0 Å². The molecular formula is C58H36N2O2. The van der Waals surface area contributed by atoms with Gasteiger partial charge in [-0.15, -0.1) is 0 Å². The highest BCUT2D eigenvalue weighted by atomic mass is 16.3. The van der Waals surface area contributed by atoms with Crippen LogP contribution in [0.2, 0.25) is 0 Å². The van der Waals surface area contributed by atoms with Crippen LogP contribution in [0.15, 0.2) is 227 Å². The minimum atomic E-state index is 0.857. The molecule has 4 heteroatoms. The number of hydrogen-bond acceptors (Lipinski definition) is 3. The fourth-order valence-corrected chi connectivity index (χ4v) is 9.81. The van der Waals surface area contributed by atoms with Crippen molar-refractivity contribution in [3.05, 3.63) is 218 Å². The van der Waals surface area contributed by atoms with E-state index in [9.17, 15) is 0 Å². The molecule has 0 aliphatic carbocycles. The van der Waals surface area contributed by atoms with Gasteiger partial charge >= 0.3 is 0 Å². The third-order valence-corrected chi connectivity index (χ3v) is 12.5. The van der Waals surface area contributed by atoms with E-state index in [0.717, 1.165) is 88.9 Å². The summed E-state index contributed by atoms with van der Waals surface area (Å²) in [5.74, 6) is 0. The molecule has 0 unspecified atom stereocenters. The zero-order chi connectivity index (χ0) is 40.7. The van der Waals surface area contributed by atoms with Gasteiger partial charge in [-0.1, -0.05) is 146 Å². The molecule has 4 nitrogen and oxygen atoms in total. The number of anilines is 3. The van der Waals surface area contributed by atoms with E-state index in [1.54, 1.807) is 0 Å². The second-order valence-corrected chi connectivity index (χ2v) is 16.0. The van der Waals surface area contributed by atoms with Crippen molar-refractivity contribution >= 4 is 93.5 Å². The van der Waals surface area contributed by atoms with Gasteiger partial charge in [-0.3, -0.25) is 0 Å². The highest BCUT2D eigenvalue weighted by molar-refractivity contribution is 6.15. The van der Waals surface area contributed by atoms with Gasteiger partial charge in [0, 0.05) is 60.5 Å². The molecule has 10 aromatic carbocycles. The second kappa shape index (κ2) is 13.6. The van der Waals surface area contributed by atoms with Crippen LogP contribution in [0.25, 0.3) is 104 Å². The maximum absolute atomic E-state index is 6.85. The molecule has 0 aliphatic rings. The first-order valence-corrected chi connectivity index (χ1v) is 21.1. The summed E-state index contributed by atoms with van der Waals surface area (Å²) in [6, 6.07) is 78.1. The Kier molecular flexibility index (Phi) is 7.57.